The minimum Gasteiger partial charge on any atom is -0.455 e. The monoisotopic (exact) mass is 399 g/mol. The Kier molecular flexibility index (Phi) is 3.94. The zero-order valence-corrected chi connectivity index (χ0v) is 17.5. The molecule has 2 aromatic heterocycles. The van der Waals surface area contributed by atoms with E-state index in [1.807, 2.05) is 12.3 Å². The maximum atomic E-state index is 6.33. The Morgan fingerprint density at radius 2 is 1.45 bits per heavy atom. The predicted octanol–water partition coefficient (Wildman–Crippen LogP) is 8.09. The van der Waals surface area contributed by atoms with Gasteiger partial charge in [-0.2, -0.15) is 0 Å². The second kappa shape index (κ2) is 6.82. The Balaban J connectivity index is 1.59. The number of rotatable bonds is 2. The quantitative estimate of drug-likeness (QED) is 0.294. The number of nitrogens with zero attached hydrogens (tertiary/aromatic N) is 1. The van der Waals surface area contributed by atoms with Crippen molar-refractivity contribution in [3.63, 3.8) is 0 Å². The third-order valence-electron chi connectivity index (χ3n) is 6.17. The smallest absolute Gasteiger partial charge is 0.143 e. The standard InChI is InChI=1S/C29H21NO/c1-18-14-28-26(23-13-12-21-10-6-7-11-22(21)29(23)31-28)15-25(18)27-16-24(19(2)17-30-27)20-8-4-3-5-9-20/h3-17H,1-2H3. The van der Waals surface area contributed by atoms with E-state index in [4.69, 9.17) is 9.40 Å². The van der Waals surface area contributed by atoms with Gasteiger partial charge in [0.1, 0.15) is 11.2 Å². The highest BCUT2D eigenvalue weighted by atomic mass is 16.3. The van der Waals surface area contributed by atoms with Crippen LogP contribution in [-0.4, -0.2) is 4.98 Å². The topological polar surface area (TPSA) is 26.0 Å². The molecule has 0 unspecified atom stereocenters. The third kappa shape index (κ3) is 2.83. The molecule has 2 nitrogen and oxygen atoms in total. The molecular formula is C29H21NO. The summed E-state index contributed by atoms with van der Waals surface area (Å²) in [6.45, 7) is 4.24. The molecule has 6 rings (SSSR count). The molecule has 0 fully saturated rings. The molecule has 0 atom stereocenters. The molecule has 0 saturated heterocycles. The van der Waals surface area contributed by atoms with Crippen LogP contribution in [0.15, 0.2) is 95.5 Å². The van der Waals surface area contributed by atoms with Crippen molar-refractivity contribution < 1.29 is 4.42 Å². The second-order valence-corrected chi connectivity index (χ2v) is 8.18. The van der Waals surface area contributed by atoms with Crippen LogP contribution in [0.4, 0.5) is 0 Å². The SMILES string of the molecule is Cc1cnc(-c2cc3c(cc2C)oc2c4ccccc4ccc32)cc1-c1ccccc1. The van der Waals surface area contributed by atoms with E-state index in [9.17, 15) is 0 Å². The predicted molar refractivity (Wildman–Crippen MR) is 129 cm³/mol. The molecule has 0 aliphatic heterocycles. The van der Waals surface area contributed by atoms with Gasteiger partial charge in [-0.05, 0) is 65.8 Å². The molecule has 0 amide bonds. The van der Waals surface area contributed by atoms with Gasteiger partial charge in [0.05, 0.1) is 5.69 Å². The fourth-order valence-corrected chi connectivity index (χ4v) is 4.53. The van der Waals surface area contributed by atoms with Gasteiger partial charge < -0.3 is 4.42 Å². The zero-order chi connectivity index (χ0) is 20.9. The van der Waals surface area contributed by atoms with Crippen molar-refractivity contribution in [2.75, 3.05) is 0 Å². The minimum atomic E-state index is 0.919. The van der Waals surface area contributed by atoms with Gasteiger partial charge >= 0.3 is 0 Å². The molecule has 0 spiro atoms. The van der Waals surface area contributed by atoms with Gasteiger partial charge in [0.25, 0.3) is 0 Å². The summed E-state index contributed by atoms with van der Waals surface area (Å²) in [5, 5.41) is 4.62. The van der Waals surface area contributed by atoms with Crippen molar-refractivity contribution in [3.05, 3.63) is 102 Å². The maximum Gasteiger partial charge on any atom is 0.143 e. The average Bonchev–Trinajstić information content (AvgIpc) is 3.17. The molecule has 148 valence electrons. The lowest BCUT2D eigenvalue weighted by Gasteiger charge is -2.11. The van der Waals surface area contributed by atoms with Crippen molar-refractivity contribution in [1.29, 1.82) is 0 Å². The Morgan fingerprint density at radius 1 is 0.645 bits per heavy atom. The number of pyridine rings is 1. The van der Waals surface area contributed by atoms with Crippen LogP contribution >= 0.6 is 0 Å². The Hall–Kier alpha value is -3.91. The molecule has 0 bridgehead atoms. The van der Waals surface area contributed by atoms with Gasteiger partial charge in [0.15, 0.2) is 0 Å². The fourth-order valence-electron chi connectivity index (χ4n) is 4.53. The summed E-state index contributed by atoms with van der Waals surface area (Å²) in [5.74, 6) is 0. The number of hydrogen-bond donors (Lipinski definition) is 0. The molecule has 6 aromatic rings. The lowest BCUT2D eigenvalue weighted by molar-refractivity contribution is 0.672. The number of furan rings is 1. The van der Waals surface area contributed by atoms with Gasteiger partial charge in [-0.25, -0.2) is 0 Å². The van der Waals surface area contributed by atoms with Crippen molar-refractivity contribution in [3.8, 4) is 22.4 Å². The van der Waals surface area contributed by atoms with Crippen molar-refractivity contribution in [2.24, 2.45) is 0 Å². The summed E-state index contributed by atoms with van der Waals surface area (Å²) < 4.78 is 6.33. The summed E-state index contributed by atoms with van der Waals surface area (Å²) >= 11 is 0. The number of fused-ring (bicyclic) bond motifs is 5. The molecule has 4 aromatic carbocycles. The molecule has 0 radical (unpaired) electrons. The van der Waals surface area contributed by atoms with Crippen LogP contribution in [-0.2, 0) is 0 Å². The third-order valence-corrected chi connectivity index (χ3v) is 6.17. The van der Waals surface area contributed by atoms with E-state index in [2.05, 4.69) is 92.7 Å². The van der Waals surface area contributed by atoms with Crippen molar-refractivity contribution >= 4 is 32.7 Å². The Bertz CT molecular complexity index is 1590. The molecule has 31 heavy (non-hydrogen) atoms. The van der Waals surface area contributed by atoms with Crippen LogP contribution in [0.1, 0.15) is 11.1 Å². The first-order chi connectivity index (χ1) is 15.2. The number of aryl methyl sites for hydroxylation is 2. The molecule has 0 aliphatic carbocycles. The van der Waals surface area contributed by atoms with E-state index in [0.29, 0.717) is 0 Å². The van der Waals surface area contributed by atoms with Gasteiger partial charge in [-0.1, -0.05) is 60.7 Å². The molecule has 2 heterocycles. The van der Waals surface area contributed by atoms with Crippen LogP contribution in [0.2, 0.25) is 0 Å². The van der Waals surface area contributed by atoms with Crippen molar-refractivity contribution in [2.45, 2.75) is 13.8 Å². The number of aromatic nitrogens is 1. The summed E-state index contributed by atoms with van der Waals surface area (Å²) in [4.78, 5) is 4.79. The first-order valence-corrected chi connectivity index (χ1v) is 10.6. The van der Waals surface area contributed by atoms with E-state index in [0.717, 1.165) is 44.1 Å². The molecular weight excluding hydrogens is 378 g/mol. The highest BCUT2D eigenvalue weighted by Crippen LogP contribution is 2.38. The largest absolute Gasteiger partial charge is 0.455 e. The van der Waals surface area contributed by atoms with Crippen molar-refractivity contribution in [1.82, 2.24) is 4.98 Å². The van der Waals surface area contributed by atoms with Gasteiger partial charge in [-0.15, -0.1) is 0 Å². The number of hydrogen-bond acceptors (Lipinski definition) is 2. The molecule has 0 N–H and O–H groups in total. The van der Waals surface area contributed by atoms with Gasteiger partial charge in [0, 0.05) is 27.9 Å². The highest BCUT2D eigenvalue weighted by Gasteiger charge is 2.15. The summed E-state index contributed by atoms with van der Waals surface area (Å²) in [5.41, 5.74) is 8.75. The minimum absolute atomic E-state index is 0.919. The second-order valence-electron chi connectivity index (χ2n) is 8.18. The average molecular weight is 399 g/mol. The van der Waals surface area contributed by atoms with E-state index < -0.39 is 0 Å². The zero-order valence-electron chi connectivity index (χ0n) is 17.5. The maximum absolute atomic E-state index is 6.33. The van der Waals surface area contributed by atoms with E-state index in [1.54, 1.807) is 0 Å². The van der Waals surface area contributed by atoms with Crippen LogP contribution in [0, 0.1) is 13.8 Å². The summed E-state index contributed by atoms with van der Waals surface area (Å²) in [6, 6.07) is 29.8. The van der Waals surface area contributed by atoms with Gasteiger partial charge in [0.2, 0.25) is 0 Å². The Labute approximate surface area is 180 Å². The van der Waals surface area contributed by atoms with Crippen LogP contribution in [0.5, 0.6) is 0 Å². The molecule has 0 saturated carbocycles. The Morgan fingerprint density at radius 3 is 2.32 bits per heavy atom. The first kappa shape index (κ1) is 17.9. The van der Waals surface area contributed by atoms with Crippen LogP contribution < -0.4 is 0 Å². The summed E-state index contributed by atoms with van der Waals surface area (Å²) in [6.07, 6.45) is 1.97. The van der Waals surface area contributed by atoms with Gasteiger partial charge in [-0.3, -0.25) is 4.98 Å². The van der Waals surface area contributed by atoms with Crippen LogP contribution in [0.25, 0.3) is 55.1 Å². The fraction of sp³-hybridized carbons (Fsp3) is 0.0690. The van der Waals surface area contributed by atoms with E-state index >= 15 is 0 Å². The summed E-state index contributed by atoms with van der Waals surface area (Å²) in [7, 11) is 0. The van der Waals surface area contributed by atoms with E-state index in [1.165, 1.54) is 22.1 Å². The normalized spacial score (nSPS) is 11.5. The lowest BCUT2D eigenvalue weighted by Crippen LogP contribution is -1.91. The van der Waals surface area contributed by atoms with Crippen LogP contribution in [0.3, 0.4) is 0 Å². The first-order valence-electron chi connectivity index (χ1n) is 10.6. The lowest BCUT2D eigenvalue weighted by atomic mass is 9.96. The number of benzene rings is 4. The highest BCUT2D eigenvalue weighted by molar-refractivity contribution is 6.15. The van der Waals surface area contributed by atoms with E-state index in [-0.39, 0.29) is 0 Å². The molecule has 0 aliphatic rings. The molecule has 2 heteroatoms.